The van der Waals surface area contributed by atoms with E-state index in [1.807, 2.05) is 13.8 Å². The second-order valence-electron chi connectivity index (χ2n) is 4.95. The largest absolute Gasteiger partial charge is 0.419 e. The van der Waals surface area contributed by atoms with Gasteiger partial charge in [0.15, 0.2) is 0 Å². The predicted molar refractivity (Wildman–Crippen MR) is 71.4 cm³/mol. The van der Waals surface area contributed by atoms with Crippen LogP contribution in [0, 0.1) is 19.7 Å². The molecule has 0 spiro atoms. The monoisotopic (exact) mass is 298 g/mol. The zero-order chi connectivity index (χ0) is 15.8. The van der Waals surface area contributed by atoms with E-state index >= 15 is 0 Å². The highest BCUT2D eigenvalue weighted by atomic mass is 19.4. The fourth-order valence-electron chi connectivity index (χ4n) is 2.09. The van der Waals surface area contributed by atoms with Crippen molar-refractivity contribution >= 4 is 0 Å². The maximum atomic E-state index is 14.0. The zero-order valence-corrected chi connectivity index (χ0v) is 11.5. The summed E-state index contributed by atoms with van der Waals surface area (Å²) in [5.41, 5.74) is 0.460. The molecule has 0 aromatic heterocycles. The topological polar surface area (TPSA) is 20.2 Å². The molecule has 0 saturated carbocycles. The molecule has 112 valence electrons. The van der Waals surface area contributed by atoms with E-state index in [1.165, 1.54) is 0 Å². The third-order valence-electron chi connectivity index (χ3n) is 3.48. The molecular weight excluding hydrogens is 284 g/mol. The average molecular weight is 298 g/mol. The minimum Gasteiger partial charge on any atom is -0.384 e. The number of halogens is 4. The molecule has 0 aliphatic heterocycles. The lowest BCUT2D eigenvalue weighted by Gasteiger charge is -2.16. The van der Waals surface area contributed by atoms with Gasteiger partial charge in [-0.05, 0) is 36.6 Å². The molecular formula is C16H14F4O. The first kappa shape index (κ1) is 15.5. The van der Waals surface area contributed by atoms with Crippen molar-refractivity contribution in [2.24, 2.45) is 0 Å². The lowest BCUT2D eigenvalue weighted by Crippen LogP contribution is -2.12. The Morgan fingerprint density at radius 1 is 1.00 bits per heavy atom. The van der Waals surface area contributed by atoms with Gasteiger partial charge >= 0.3 is 6.18 Å². The van der Waals surface area contributed by atoms with Gasteiger partial charge in [0.05, 0.1) is 5.56 Å². The first-order valence-electron chi connectivity index (χ1n) is 6.32. The van der Waals surface area contributed by atoms with Crippen molar-refractivity contribution in [3.05, 3.63) is 70.0 Å². The zero-order valence-electron chi connectivity index (χ0n) is 11.5. The van der Waals surface area contributed by atoms with Crippen LogP contribution in [0.2, 0.25) is 0 Å². The second kappa shape index (κ2) is 5.48. The molecule has 0 aliphatic carbocycles. The van der Waals surface area contributed by atoms with E-state index in [0.29, 0.717) is 11.6 Å². The van der Waals surface area contributed by atoms with Gasteiger partial charge in [-0.2, -0.15) is 13.2 Å². The van der Waals surface area contributed by atoms with Crippen molar-refractivity contribution in [2.45, 2.75) is 26.1 Å². The smallest absolute Gasteiger partial charge is 0.384 e. The highest BCUT2D eigenvalue weighted by Crippen LogP contribution is 2.35. The molecule has 2 rings (SSSR count). The summed E-state index contributed by atoms with van der Waals surface area (Å²) in [6, 6.07) is 7.85. The van der Waals surface area contributed by atoms with Gasteiger partial charge < -0.3 is 5.11 Å². The maximum absolute atomic E-state index is 14.0. The van der Waals surface area contributed by atoms with Gasteiger partial charge in [-0.1, -0.05) is 30.3 Å². The number of benzene rings is 2. The number of aryl methyl sites for hydroxylation is 2. The van der Waals surface area contributed by atoms with Crippen LogP contribution in [0.4, 0.5) is 17.6 Å². The number of hydrogen-bond acceptors (Lipinski definition) is 1. The normalized spacial score (nSPS) is 13.3. The van der Waals surface area contributed by atoms with Crippen LogP contribution in [0.5, 0.6) is 0 Å². The molecule has 1 atom stereocenters. The molecule has 0 saturated heterocycles. The van der Waals surface area contributed by atoms with Crippen LogP contribution < -0.4 is 0 Å². The Bertz CT molecular complexity index is 662. The maximum Gasteiger partial charge on any atom is 0.419 e. The summed E-state index contributed by atoms with van der Waals surface area (Å²) >= 11 is 0. The molecule has 2 aromatic rings. The molecule has 1 nitrogen and oxygen atoms in total. The van der Waals surface area contributed by atoms with Crippen LogP contribution in [-0.4, -0.2) is 5.11 Å². The van der Waals surface area contributed by atoms with Gasteiger partial charge in [-0.15, -0.1) is 0 Å². The van der Waals surface area contributed by atoms with Crippen molar-refractivity contribution < 1.29 is 22.7 Å². The van der Waals surface area contributed by atoms with Gasteiger partial charge in [-0.25, -0.2) is 4.39 Å². The SMILES string of the molecule is Cc1ccc(C(O)c2cccc(C(F)(F)F)c2F)cc1C. The van der Waals surface area contributed by atoms with Crippen molar-refractivity contribution in [1.29, 1.82) is 0 Å². The van der Waals surface area contributed by atoms with Crippen LogP contribution in [0.15, 0.2) is 36.4 Å². The molecule has 0 heterocycles. The van der Waals surface area contributed by atoms with E-state index in [9.17, 15) is 22.7 Å². The number of rotatable bonds is 2. The summed E-state index contributed by atoms with van der Waals surface area (Å²) in [6.07, 6.45) is -6.23. The minimum atomic E-state index is -4.79. The van der Waals surface area contributed by atoms with Crippen molar-refractivity contribution in [3.63, 3.8) is 0 Å². The summed E-state index contributed by atoms with van der Waals surface area (Å²) in [4.78, 5) is 0. The van der Waals surface area contributed by atoms with Crippen LogP contribution in [0.25, 0.3) is 0 Å². The van der Waals surface area contributed by atoms with Crippen LogP contribution in [-0.2, 0) is 6.18 Å². The number of hydrogen-bond donors (Lipinski definition) is 1. The van der Waals surface area contributed by atoms with E-state index < -0.39 is 23.7 Å². The van der Waals surface area contributed by atoms with Gasteiger partial charge in [0.25, 0.3) is 0 Å². The van der Waals surface area contributed by atoms with Crippen molar-refractivity contribution in [2.75, 3.05) is 0 Å². The van der Waals surface area contributed by atoms with E-state index in [4.69, 9.17) is 0 Å². The van der Waals surface area contributed by atoms with Gasteiger partial charge in [0.2, 0.25) is 0 Å². The first-order valence-corrected chi connectivity index (χ1v) is 6.32. The average Bonchev–Trinajstić information content (AvgIpc) is 2.40. The Hall–Kier alpha value is -1.88. The summed E-state index contributed by atoms with van der Waals surface area (Å²) in [7, 11) is 0. The molecule has 1 N–H and O–H groups in total. The van der Waals surface area contributed by atoms with Crippen LogP contribution >= 0.6 is 0 Å². The summed E-state index contributed by atoms with van der Waals surface area (Å²) in [5, 5.41) is 10.2. The number of alkyl halides is 3. The molecule has 0 bridgehead atoms. The summed E-state index contributed by atoms with van der Waals surface area (Å²) < 4.78 is 52.1. The van der Waals surface area contributed by atoms with Crippen molar-refractivity contribution in [1.82, 2.24) is 0 Å². The van der Waals surface area contributed by atoms with E-state index in [2.05, 4.69) is 0 Å². The van der Waals surface area contributed by atoms with Gasteiger partial charge in [-0.3, -0.25) is 0 Å². The quantitative estimate of drug-likeness (QED) is 0.807. The Kier molecular flexibility index (Phi) is 4.05. The Morgan fingerprint density at radius 3 is 2.24 bits per heavy atom. The number of aliphatic hydroxyl groups is 1. The van der Waals surface area contributed by atoms with Crippen molar-refractivity contribution in [3.8, 4) is 0 Å². The van der Waals surface area contributed by atoms with Gasteiger partial charge in [0.1, 0.15) is 11.9 Å². The molecule has 2 aromatic carbocycles. The highest BCUT2D eigenvalue weighted by Gasteiger charge is 2.35. The Morgan fingerprint density at radius 2 is 1.67 bits per heavy atom. The Labute approximate surface area is 119 Å². The first-order chi connectivity index (χ1) is 9.71. The lowest BCUT2D eigenvalue weighted by atomic mass is 9.96. The standard InChI is InChI=1S/C16H14F4O/c1-9-6-7-11(8-10(9)2)15(21)12-4-3-5-13(14(12)17)16(18,19)20/h3-8,15,21H,1-2H3. The third-order valence-corrected chi connectivity index (χ3v) is 3.48. The molecule has 0 aliphatic rings. The Balaban J connectivity index is 2.48. The molecule has 0 radical (unpaired) electrons. The molecule has 0 amide bonds. The fraction of sp³-hybridized carbons (Fsp3) is 0.250. The molecule has 1 unspecified atom stereocenters. The number of aliphatic hydroxyl groups excluding tert-OH is 1. The van der Waals surface area contributed by atoms with E-state index in [1.54, 1.807) is 18.2 Å². The third kappa shape index (κ3) is 3.08. The molecule has 0 fully saturated rings. The second-order valence-corrected chi connectivity index (χ2v) is 4.95. The molecule has 21 heavy (non-hydrogen) atoms. The van der Waals surface area contributed by atoms with Gasteiger partial charge in [0, 0.05) is 5.56 Å². The van der Waals surface area contributed by atoms with E-state index in [-0.39, 0.29) is 5.56 Å². The lowest BCUT2D eigenvalue weighted by molar-refractivity contribution is -0.140. The fourth-order valence-corrected chi connectivity index (χ4v) is 2.09. The summed E-state index contributed by atoms with van der Waals surface area (Å²) in [5.74, 6) is -1.43. The van der Waals surface area contributed by atoms with Crippen LogP contribution in [0.1, 0.15) is 33.9 Å². The molecule has 5 heteroatoms. The van der Waals surface area contributed by atoms with Crippen LogP contribution in [0.3, 0.4) is 0 Å². The highest BCUT2D eigenvalue weighted by molar-refractivity contribution is 5.38. The predicted octanol–water partition coefficient (Wildman–Crippen LogP) is 4.54. The summed E-state index contributed by atoms with van der Waals surface area (Å²) in [6.45, 7) is 3.68. The van der Waals surface area contributed by atoms with E-state index in [0.717, 1.165) is 23.3 Å². The minimum absolute atomic E-state index is 0.358.